The molecule has 9 heteroatoms. The van der Waals surface area contributed by atoms with Crippen LogP contribution in [0.3, 0.4) is 0 Å². The van der Waals surface area contributed by atoms with Gasteiger partial charge in [0.15, 0.2) is 11.5 Å². The Morgan fingerprint density at radius 1 is 1.17 bits per heavy atom. The van der Waals surface area contributed by atoms with Crippen molar-refractivity contribution in [1.82, 2.24) is 0 Å². The maximum atomic E-state index is 12.5. The van der Waals surface area contributed by atoms with Crippen LogP contribution in [0.5, 0.6) is 11.5 Å². The number of hydrogen-bond acceptors (Lipinski definition) is 8. The summed E-state index contributed by atoms with van der Waals surface area (Å²) in [7, 11) is 0. The van der Waals surface area contributed by atoms with Gasteiger partial charge in [-0.05, 0) is 18.1 Å². The third kappa shape index (κ3) is 3.49. The minimum atomic E-state index is -0.915. The number of ether oxygens (including phenoxy) is 3. The molecular formula is C20H15NO8. The summed E-state index contributed by atoms with van der Waals surface area (Å²) in [4.78, 5) is 35.0. The van der Waals surface area contributed by atoms with Crippen LogP contribution in [-0.4, -0.2) is 17.7 Å². The van der Waals surface area contributed by atoms with Crippen LogP contribution in [0.1, 0.15) is 28.4 Å². The molecule has 29 heavy (non-hydrogen) atoms. The van der Waals surface area contributed by atoms with Crippen LogP contribution in [-0.2, 0) is 17.8 Å². The second-order valence-corrected chi connectivity index (χ2v) is 6.33. The van der Waals surface area contributed by atoms with Crippen molar-refractivity contribution in [3.63, 3.8) is 0 Å². The van der Waals surface area contributed by atoms with Crippen molar-refractivity contribution in [3.05, 3.63) is 73.6 Å². The average molecular weight is 397 g/mol. The molecule has 0 fully saturated rings. The van der Waals surface area contributed by atoms with Crippen LogP contribution < -0.4 is 15.1 Å². The topological polar surface area (TPSA) is 118 Å². The van der Waals surface area contributed by atoms with Gasteiger partial charge in [0.1, 0.15) is 17.8 Å². The van der Waals surface area contributed by atoms with Crippen LogP contribution >= 0.6 is 0 Å². The molecule has 0 atom stereocenters. The van der Waals surface area contributed by atoms with Gasteiger partial charge in [-0.25, -0.2) is 9.59 Å². The highest BCUT2D eigenvalue weighted by atomic mass is 16.7. The van der Waals surface area contributed by atoms with E-state index in [0.29, 0.717) is 16.5 Å². The quantitative estimate of drug-likeness (QED) is 0.278. The lowest BCUT2D eigenvalue weighted by Gasteiger charge is -2.09. The number of nitro benzene ring substituents is 1. The molecule has 4 rings (SSSR count). The number of rotatable bonds is 5. The smallest absolute Gasteiger partial charge is 0.345 e. The first-order valence-corrected chi connectivity index (χ1v) is 8.77. The molecule has 3 aromatic rings. The lowest BCUT2D eigenvalue weighted by molar-refractivity contribution is -0.385. The molecule has 0 radical (unpaired) electrons. The van der Waals surface area contributed by atoms with Crippen molar-refractivity contribution in [2.45, 2.75) is 20.0 Å². The molecule has 0 N–H and O–H groups in total. The molecule has 0 saturated heterocycles. The molecule has 0 bridgehead atoms. The van der Waals surface area contributed by atoms with Crippen molar-refractivity contribution < 1.29 is 28.3 Å². The Bertz CT molecular complexity index is 1200. The summed E-state index contributed by atoms with van der Waals surface area (Å²) < 4.78 is 20.8. The van der Waals surface area contributed by atoms with Gasteiger partial charge >= 0.3 is 11.6 Å². The number of hydrogen-bond donors (Lipinski definition) is 0. The van der Waals surface area contributed by atoms with E-state index in [9.17, 15) is 19.7 Å². The fourth-order valence-electron chi connectivity index (χ4n) is 3.08. The summed E-state index contributed by atoms with van der Waals surface area (Å²) in [6.45, 7) is 1.64. The predicted octanol–water partition coefficient (Wildman–Crippen LogP) is 3.35. The molecule has 148 valence electrons. The first-order chi connectivity index (χ1) is 14.0. The van der Waals surface area contributed by atoms with E-state index >= 15 is 0 Å². The maximum Gasteiger partial charge on any atom is 0.345 e. The van der Waals surface area contributed by atoms with E-state index < -0.39 is 22.2 Å². The van der Waals surface area contributed by atoms with Gasteiger partial charge in [0, 0.05) is 23.1 Å². The number of nitrogens with zero attached hydrogens (tertiary/aromatic N) is 1. The summed E-state index contributed by atoms with van der Waals surface area (Å²) in [5.41, 5.74) is 0.522. The number of benzene rings is 2. The monoisotopic (exact) mass is 397 g/mol. The van der Waals surface area contributed by atoms with E-state index in [2.05, 4.69) is 0 Å². The van der Waals surface area contributed by atoms with Gasteiger partial charge in [0.2, 0.25) is 6.79 Å². The Kier molecular flexibility index (Phi) is 4.63. The molecule has 0 spiro atoms. The summed E-state index contributed by atoms with van der Waals surface area (Å²) in [5, 5.41) is 11.9. The lowest BCUT2D eigenvalue weighted by atomic mass is 10.1. The molecule has 9 nitrogen and oxygen atoms in total. The highest BCUT2D eigenvalue weighted by molar-refractivity contribution is 5.95. The molecule has 0 saturated carbocycles. The molecule has 0 aliphatic carbocycles. The third-order valence-corrected chi connectivity index (χ3v) is 4.57. The second kappa shape index (κ2) is 7.27. The van der Waals surface area contributed by atoms with E-state index in [1.54, 1.807) is 12.1 Å². The first kappa shape index (κ1) is 18.5. The maximum absolute atomic E-state index is 12.5. The largest absolute Gasteiger partial charge is 0.457 e. The number of esters is 1. The molecule has 2 heterocycles. The van der Waals surface area contributed by atoms with Gasteiger partial charge in [-0.1, -0.05) is 19.1 Å². The number of carbonyl (C=O) groups excluding carboxylic acids is 1. The fraction of sp³-hybridized carbons (Fsp3) is 0.200. The average Bonchev–Trinajstić information content (AvgIpc) is 3.17. The van der Waals surface area contributed by atoms with Gasteiger partial charge in [-0.2, -0.15) is 0 Å². The molecule has 0 unspecified atom stereocenters. The van der Waals surface area contributed by atoms with Crippen molar-refractivity contribution in [1.29, 1.82) is 0 Å². The molecule has 0 amide bonds. The van der Waals surface area contributed by atoms with Crippen molar-refractivity contribution >= 4 is 22.6 Å². The second-order valence-electron chi connectivity index (χ2n) is 6.33. The summed E-state index contributed by atoms with van der Waals surface area (Å²) in [5.74, 6) is -0.506. The van der Waals surface area contributed by atoms with Crippen molar-refractivity contribution in [2.24, 2.45) is 0 Å². The van der Waals surface area contributed by atoms with Crippen LogP contribution in [0.4, 0.5) is 5.69 Å². The zero-order valence-electron chi connectivity index (χ0n) is 15.3. The highest BCUT2D eigenvalue weighted by Crippen LogP contribution is 2.38. The summed E-state index contributed by atoms with van der Waals surface area (Å²) in [6, 6.07) is 8.99. The zero-order chi connectivity index (χ0) is 20.5. The number of aryl methyl sites for hydroxylation is 1. The molecule has 1 aliphatic heterocycles. The van der Waals surface area contributed by atoms with Gasteiger partial charge in [0.25, 0.3) is 5.69 Å². The van der Waals surface area contributed by atoms with Gasteiger partial charge in [-0.3, -0.25) is 10.1 Å². The Morgan fingerprint density at radius 3 is 2.66 bits per heavy atom. The zero-order valence-corrected chi connectivity index (χ0v) is 15.3. The van der Waals surface area contributed by atoms with E-state index in [0.717, 1.165) is 18.1 Å². The molecule has 1 aliphatic rings. The van der Waals surface area contributed by atoms with Crippen LogP contribution in [0.2, 0.25) is 0 Å². The number of carbonyl (C=O) groups is 1. The number of nitro groups is 1. The lowest BCUT2D eigenvalue weighted by Crippen LogP contribution is -2.10. The van der Waals surface area contributed by atoms with Crippen LogP contribution in [0.25, 0.3) is 11.0 Å². The molecule has 2 aromatic carbocycles. The van der Waals surface area contributed by atoms with Crippen LogP contribution in [0.15, 0.2) is 45.6 Å². The van der Waals surface area contributed by atoms with Gasteiger partial charge < -0.3 is 18.6 Å². The SMILES string of the molecule is CCc1ccc2c(COC(=O)c3cc4c(cc3[N+](=O)[O-])OCO4)cc(=O)oc2c1. The normalized spacial score (nSPS) is 12.2. The van der Waals surface area contributed by atoms with E-state index in [1.165, 1.54) is 12.1 Å². The Balaban J connectivity index is 1.64. The first-order valence-electron chi connectivity index (χ1n) is 8.77. The Labute approximate surface area is 163 Å². The molecular weight excluding hydrogens is 382 g/mol. The Hall–Kier alpha value is -3.88. The van der Waals surface area contributed by atoms with E-state index in [1.807, 2.05) is 13.0 Å². The van der Waals surface area contributed by atoms with Gasteiger partial charge in [-0.15, -0.1) is 0 Å². The number of fused-ring (bicyclic) bond motifs is 2. The highest BCUT2D eigenvalue weighted by Gasteiger charge is 2.28. The Morgan fingerprint density at radius 2 is 1.93 bits per heavy atom. The summed E-state index contributed by atoms with van der Waals surface area (Å²) >= 11 is 0. The third-order valence-electron chi connectivity index (χ3n) is 4.57. The van der Waals surface area contributed by atoms with Crippen LogP contribution in [0, 0.1) is 10.1 Å². The standard InChI is InChI=1S/C20H15NO8/c1-2-11-3-4-13-12(6-19(22)29-16(13)5-11)9-26-20(23)14-7-17-18(28-10-27-17)8-15(14)21(24)25/h3-8H,2,9-10H2,1H3. The van der Waals surface area contributed by atoms with Crippen molar-refractivity contribution in [3.8, 4) is 11.5 Å². The van der Waals surface area contributed by atoms with Gasteiger partial charge in [0.05, 0.1) is 11.0 Å². The molecule has 1 aromatic heterocycles. The minimum Gasteiger partial charge on any atom is -0.457 e. The van der Waals surface area contributed by atoms with E-state index in [-0.39, 0.29) is 30.5 Å². The minimum absolute atomic E-state index is 0.0868. The fourth-order valence-corrected chi connectivity index (χ4v) is 3.08. The van der Waals surface area contributed by atoms with Crippen molar-refractivity contribution in [2.75, 3.05) is 6.79 Å². The van der Waals surface area contributed by atoms with E-state index in [4.69, 9.17) is 18.6 Å². The predicted molar refractivity (Wildman–Crippen MR) is 100 cm³/mol. The summed E-state index contributed by atoms with van der Waals surface area (Å²) in [6.07, 6.45) is 0.770.